The Morgan fingerprint density at radius 1 is 1.08 bits per heavy atom. The first-order valence-corrected chi connectivity index (χ1v) is 7.95. The molecule has 0 bridgehead atoms. The van der Waals surface area contributed by atoms with Crippen molar-refractivity contribution in [3.05, 3.63) is 54.6 Å². The standard InChI is InChI=1S/C19H24N2O3/c1-15(24-18-11-9-17(23-3)10-12-18)19(22)20-13-14-21(2)16-7-5-4-6-8-16/h4-12,15H,13-14H2,1-3H3,(H,20,22)/t15-/m0/s1. The zero-order chi connectivity index (χ0) is 17.4. The minimum Gasteiger partial charge on any atom is -0.497 e. The fourth-order valence-corrected chi connectivity index (χ4v) is 2.21. The van der Waals surface area contributed by atoms with Crippen LogP contribution in [-0.2, 0) is 4.79 Å². The van der Waals surface area contributed by atoms with Crippen LogP contribution in [-0.4, -0.2) is 39.3 Å². The van der Waals surface area contributed by atoms with Gasteiger partial charge in [0.15, 0.2) is 6.10 Å². The Kier molecular flexibility index (Phi) is 6.49. The number of amides is 1. The average Bonchev–Trinajstić information content (AvgIpc) is 2.62. The molecule has 0 saturated carbocycles. The summed E-state index contributed by atoms with van der Waals surface area (Å²) in [6.07, 6.45) is -0.555. The summed E-state index contributed by atoms with van der Waals surface area (Å²) >= 11 is 0. The molecule has 2 aromatic carbocycles. The van der Waals surface area contributed by atoms with Crippen LogP contribution in [0.2, 0.25) is 0 Å². The fraction of sp³-hybridized carbons (Fsp3) is 0.316. The number of likely N-dealkylation sites (N-methyl/N-ethyl adjacent to an activating group) is 1. The van der Waals surface area contributed by atoms with Crippen LogP contribution < -0.4 is 19.7 Å². The highest BCUT2D eigenvalue weighted by Gasteiger charge is 2.14. The number of para-hydroxylation sites is 1. The van der Waals surface area contributed by atoms with Gasteiger partial charge in [-0.1, -0.05) is 18.2 Å². The van der Waals surface area contributed by atoms with Crippen molar-refractivity contribution in [3.8, 4) is 11.5 Å². The first-order valence-electron chi connectivity index (χ1n) is 7.95. The maximum atomic E-state index is 12.1. The highest BCUT2D eigenvalue weighted by atomic mass is 16.5. The van der Waals surface area contributed by atoms with Crippen molar-refractivity contribution in [1.29, 1.82) is 0 Å². The molecular weight excluding hydrogens is 304 g/mol. The van der Waals surface area contributed by atoms with E-state index < -0.39 is 6.10 Å². The first kappa shape index (κ1) is 17.7. The Labute approximate surface area is 143 Å². The van der Waals surface area contributed by atoms with Gasteiger partial charge in [0.2, 0.25) is 0 Å². The summed E-state index contributed by atoms with van der Waals surface area (Å²) in [7, 11) is 3.61. The molecule has 5 nitrogen and oxygen atoms in total. The van der Waals surface area contributed by atoms with Gasteiger partial charge in [-0.05, 0) is 43.3 Å². The molecule has 2 rings (SSSR count). The number of anilines is 1. The third kappa shape index (κ3) is 5.19. The Balaban J connectivity index is 1.75. The lowest BCUT2D eigenvalue weighted by Gasteiger charge is -2.20. The summed E-state index contributed by atoms with van der Waals surface area (Å²) in [4.78, 5) is 14.2. The van der Waals surface area contributed by atoms with Crippen molar-refractivity contribution in [3.63, 3.8) is 0 Å². The van der Waals surface area contributed by atoms with E-state index in [1.807, 2.05) is 37.4 Å². The highest BCUT2D eigenvalue weighted by Crippen LogP contribution is 2.18. The van der Waals surface area contributed by atoms with Crippen LogP contribution >= 0.6 is 0 Å². The van der Waals surface area contributed by atoms with Gasteiger partial charge in [0.25, 0.3) is 5.91 Å². The van der Waals surface area contributed by atoms with E-state index >= 15 is 0 Å². The molecule has 24 heavy (non-hydrogen) atoms. The molecule has 0 spiro atoms. The predicted molar refractivity (Wildman–Crippen MR) is 95.8 cm³/mol. The maximum absolute atomic E-state index is 12.1. The van der Waals surface area contributed by atoms with Gasteiger partial charge in [0, 0.05) is 25.8 Å². The third-order valence-corrected chi connectivity index (χ3v) is 3.68. The van der Waals surface area contributed by atoms with Crippen molar-refractivity contribution in [2.75, 3.05) is 32.1 Å². The molecule has 0 aromatic heterocycles. The number of rotatable bonds is 8. The molecule has 0 radical (unpaired) electrons. The van der Waals surface area contributed by atoms with Gasteiger partial charge >= 0.3 is 0 Å². The van der Waals surface area contributed by atoms with Crippen molar-refractivity contribution in [1.82, 2.24) is 5.32 Å². The van der Waals surface area contributed by atoms with E-state index in [-0.39, 0.29) is 5.91 Å². The highest BCUT2D eigenvalue weighted by molar-refractivity contribution is 5.80. The van der Waals surface area contributed by atoms with E-state index in [0.29, 0.717) is 12.3 Å². The molecule has 0 aliphatic rings. The Bertz CT molecular complexity index is 629. The van der Waals surface area contributed by atoms with E-state index in [1.165, 1.54) is 0 Å². The van der Waals surface area contributed by atoms with Crippen molar-refractivity contribution in [2.45, 2.75) is 13.0 Å². The normalized spacial score (nSPS) is 11.5. The maximum Gasteiger partial charge on any atom is 0.260 e. The summed E-state index contributed by atoms with van der Waals surface area (Å²) in [6.45, 7) is 3.02. The quantitative estimate of drug-likeness (QED) is 0.809. The molecule has 128 valence electrons. The Hall–Kier alpha value is -2.69. The number of carbonyl (C=O) groups is 1. The molecule has 0 fully saturated rings. The number of nitrogens with one attached hydrogen (secondary N) is 1. The number of hydrogen-bond donors (Lipinski definition) is 1. The predicted octanol–water partition coefficient (Wildman–Crippen LogP) is 2.72. The first-order chi connectivity index (χ1) is 11.6. The van der Waals surface area contributed by atoms with Gasteiger partial charge in [-0.3, -0.25) is 4.79 Å². The Morgan fingerprint density at radius 2 is 1.71 bits per heavy atom. The third-order valence-electron chi connectivity index (χ3n) is 3.68. The van der Waals surface area contributed by atoms with E-state index in [0.717, 1.165) is 18.0 Å². The van der Waals surface area contributed by atoms with Gasteiger partial charge in [-0.25, -0.2) is 0 Å². The van der Waals surface area contributed by atoms with Gasteiger partial charge in [0.05, 0.1) is 7.11 Å². The van der Waals surface area contributed by atoms with Crippen LogP contribution in [0.5, 0.6) is 11.5 Å². The molecule has 0 aliphatic carbocycles. The molecular formula is C19H24N2O3. The number of carbonyl (C=O) groups excluding carboxylic acids is 1. The number of nitrogens with zero attached hydrogens (tertiary/aromatic N) is 1. The van der Waals surface area contributed by atoms with E-state index in [9.17, 15) is 4.79 Å². The number of ether oxygens (including phenoxy) is 2. The summed E-state index contributed by atoms with van der Waals surface area (Å²) < 4.78 is 10.7. The van der Waals surface area contributed by atoms with Gasteiger partial charge in [0.1, 0.15) is 11.5 Å². The van der Waals surface area contributed by atoms with Gasteiger partial charge < -0.3 is 19.7 Å². The lowest BCUT2D eigenvalue weighted by Crippen LogP contribution is -2.40. The monoisotopic (exact) mass is 328 g/mol. The largest absolute Gasteiger partial charge is 0.497 e. The van der Waals surface area contributed by atoms with E-state index in [2.05, 4.69) is 10.2 Å². The minimum absolute atomic E-state index is 0.132. The molecule has 1 N–H and O–H groups in total. The number of benzene rings is 2. The van der Waals surface area contributed by atoms with Crippen LogP contribution in [0.1, 0.15) is 6.92 Å². The number of methoxy groups -OCH3 is 1. The minimum atomic E-state index is -0.555. The Morgan fingerprint density at radius 3 is 2.33 bits per heavy atom. The molecule has 5 heteroatoms. The molecule has 1 atom stereocenters. The summed E-state index contributed by atoms with van der Waals surface area (Å²) in [6, 6.07) is 17.2. The van der Waals surface area contributed by atoms with Crippen LogP contribution in [0, 0.1) is 0 Å². The van der Waals surface area contributed by atoms with Gasteiger partial charge in [-0.2, -0.15) is 0 Å². The van der Waals surface area contributed by atoms with Crippen LogP contribution in [0.25, 0.3) is 0 Å². The topological polar surface area (TPSA) is 50.8 Å². The van der Waals surface area contributed by atoms with Crippen molar-refractivity contribution < 1.29 is 14.3 Å². The van der Waals surface area contributed by atoms with Crippen LogP contribution in [0.15, 0.2) is 54.6 Å². The molecule has 1 amide bonds. The molecule has 0 unspecified atom stereocenters. The van der Waals surface area contributed by atoms with Crippen molar-refractivity contribution in [2.24, 2.45) is 0 Å². The second kappa shape index (κ2) is 8.82. The molecule has 0 aliphatic heterocycles. The summed E-state index contributed by atoms with van der Waals surface area (Å²) in [5.41, 5.74) is 1.12. The molecule has 0 heterocycles. The van der Waals surface area contributed by atoms with E-state index in [4.69, 9.17) is 9.47 Å². The van der Waals surface area contributed by atoms with Gasteiger partial charge in [-0.15, -0.1) is 0 Å². The fourth-order valence-electron chi connectivity index (χ4n) is 2.21. The zero-order valence-corrected chi connectivity index (χ0v) is 14.4. The molecule has 0 saturated heterocycles. The van der Waals surface area contributed by atoms with Crippen molar-refractivity contribution >= 4 is 11.6 Å². The lowest BCUT2D eigenvalue weighted by atomic mass is 10.3. The smallest absolute Gasteiger partial charge is 0.260 e. The second-order valence-corrected chi connectivity index (χ2v) is 5.48. The SMILES string of the molecule is COc1ccc(O[C@@H](C)C(=O)NCCN(C)c2ccccc2)cc1. The lowest BCUT2D eigenvalue weighted by molar-refractivity contribution is -0.127. The van der Waals surface area contributed by atoms with Crippen LogP contribution in [0.3, 0.4) is 0 Å². The van der Waals surface area contributed by atoms with Crippen LogP contribution in [0.4, 0.5) is 5.69 Å². The molecule has 2 aromatic rings. The summed E-state index contributed by atoms with van der Waals surface area (Å²) in [5.74, 6) is 1.26. The second-order valence-electron chi connectivity index (χ2n) is 5.48. The average molecular weight is 328 g/mol. The van der Waals surface area contributed by atoms with E-state index in [1.54, 1.807) is 38.3 Å². The number of hydrogen-bond acceptors (Lipinski definition) is 4. The summed E-state index contributed by atoms with van der Waals surface area (Å²) in [5, 5.41) is 2.90. The zero-order valence-electron chi connectivity index (χ0n) is 14.4.